The van der Waals surface area contributed by atoms with Gasteiger partial charge in [0.1, 0.15) is 36.6 Å². The Hall–Kier alpha value is -1.93. The number of amides is 1. The number of rotatable bonds is 36. The van der Waals surface area contributed by atoms with Gasteiger partial charge in [0.15, 0.2) is 6.29 Å². The molecule has 57 heavy (non-hydrogen) atoms. The highest BCUT2D eigenvalue weighted by Gasteiger charge is 2.44. The molecule has 1 amide bonds. The molecule has 1 aliphatic rings. The van der Waals surface area contributed by atoms with Crippen molar-refractivity contribution < 1.29 is 50.0 Å². The Balaban J connectivity index is 2.42. The van der Waals surface area contributed by atoms with Crippen LogP contribution in [0.1, 0.15) is 168 Å². The highest BCUT2D eigenvalue weighted by atomic mass is 16.7. The van der Waals surface area contributed by atoms with E-state index >= 15 is 0 Å². The van der Waals surface area contributed by atoms with Crippen LogP contribution in [0.25, 0.3) is 0 Å². The molecule has 0 aliphatic carbocycles. The highest BCUT2D eigenvalue weighted by Crippen LogP contribution is 2.23. The van der Waals surface area contributed by atoms with E-state index < -0.39 is 74.2 Å². The van der Waals surface area contributed by atoms with Crippen LogP contribution in [0.2, 0.25) is 0 Å². The van der Waals surface area contributed by atoms with E-state index in [1.165, 1.54) is 64.2 Å². The molecule has 1 saturated heterocycles. The first-order chi connectivity index (χ1) is 27.7. The lowest BCUT2D eigenvalue weighted by atomic mass is 9.98. The summed E-state index contributed by atoms with van der Waals surface area (Å²) in [5.41, 5.74) is 0. The first-order valence-corrected chi connectivity index (χ1v) is 22.5. The Labute approximate surface area is 345 Å². The van der Waals surface area contributed by atoms with Gasteiger partial charge in [0.2, 0.25) is 5.91 Å². The minimum atomic E-state index is -1.67. The molecule has 9 atom stereocenters. The van der Waals surface area contributed by atoms with Gasteiger partial charge in [-0.1, -0.05) is 146 Å². The minimum absolute atomic E-state index is 0.243. The minimum Gasteiger partial charge on any atom is -0.394 e. The molecule has 0 spiro atoms. The number of hydrogen-bond acceptors (Lipinski definition) is 10. The van der Waals surface area contributed by atoms with Crippen LogP contribution in [0.3, 0.4) is 0 Å². The molecule has 9 unspecified atom stereocenters. The van der Waals surface area contributed by atoms with Gasteiger partial charge in [-0.25, -0.2) is 0 Å². The van der Waals surface area contributed by atoms with Gasteiger partial charge in [-0.05, 0) is 70.6 Å². The van der Waals surface area contributed by atoms with Crippen molar-refractivity contribution in [2.24, 2.45) is 0 Å². The van der Waals surface area contributed by atoms with Crippen molar-refractivity contribution in [3.63, 3.8) is 0 Å². The molecule has 332 valence electrons. The van der Waals surface area contributed by atoms with E-state index in [9.17, 15) is 40.5 Å². The molecular weight excluding hydrogens is 727 g/mol. The van der Waals surface area contributed by atoms with Gasteiger partial charge >= 0.3 is 0 Å². The van der Waals surface area contributed by atoms with Gasteiger partial charge in [-0.15, -0.1) is 0 Å². The molecule has 11 heteroatoms. The lowest BCUT2D eigenvalue weighted by Gasteiger charge is -2.40. The van der Waals surface area contributed by atoms with Gasteiger partial charge in [0, 0.05) is 0 Å². The van der Waals surface area contributed by atoms with E-state index in [1.54, 1.807) is 0 Å². The van der Waals surface area contributed by atoms with Crippen LogP contribution in [-0.4, -0.2) is 110 Å². The molecule has 0 bridgehead atoms. The maximum atomic E-state index is 13.1. The molecule has 0 radical (unpaired) electrons. The maximum absolute atomic E-state index is 13.1. The lowest BCUT2D eigenvalue weighted by Crippen LogP contribution is -2.60. The second-order valence-electron chi connectivity index (χ2n) is 15.7. The average molecular weight is 810 g/mol. The summed E-state index contributed by atoms with van der Waals surface area (Å²) in [4.78, 5) is 13.1. The number of carbonyl (C=O) groups excluding carboxylic acids is 1. The van der Waals surface area contributed by atoms with Crippen molar-refractivity contribution in [3.05, 3.63) is 48.6 Å². The molecule has 1 fully saturated rings. The summed E-state index contributed by atoms with van der Waals surface area (Å²) in [5.74, 6) is -0.716. The summed E-state index contributed by atoms with van der Waals surface area (Å²) in [6, 6.07) is -1.19. The van der Waals surface area contributed by atoms with E-state index in [1.807, 2.05) is 6.08 Å². The third kappa shape index (κ3) is 26.0. The van der Waals surface area contributed by atoms with Crippen molar-refractivity contribution in [3.8, 4) is 0 Å². The SMILES string of the molecule is CC/C=C\C/C=C\CCCCCCCCCCCCCCCC(O)C(=O)NC(COC1OC(CO)C(O)C(O)C1O)C(O)C(O)CCC/C=C/CC/C=C/CCC. The fourth-order valence-corrected chi connectivity index (χ4v) is 6.85. The van der Waals surface area contributed by atoms with E-state index in [0.717, 1.165) is 57.8 Å². The van der Waals surface area contributed by atoms with E-state index in [2.05, 4.69) is 61.7 Å². The Kier molecular flexibility index (Phi) is 33.5. The van der Waals surface area contributed by atoms with Crippen LogP contribution in [0.5, 0.6) is 0 Å². The molecule has 0 aromatic rings. The Morgan fingerprint density at radius 3 is 1.75 bits per heavy atom. The summed E-state index contributed by atoms with van der Waals surface area (Å²) < 4.78 is 11.0. The van der Waals surface area contributed by atoms with Crippen molar-refractivity contribution in [1.82, 2.24) is 5.32 Å². The number of nitrogens with one attached hydrogen (secondary N) is 1. The van der Waals surface area contributed by atoms with Crippen LogP contribution in [0.15, 0.2) is 48.6 Å². The monoisotopic (exact) mass is 810 g/mol. The fraction of sp³-hybridized carbons (Fsp3) is 0.804. The predicted molar refractivity (Wildman–Crippen MR) is 228 cm³/mol. The van der Waals surface area contributed by atoms with Crippen molar-refractivity contribution in [2.75, 3.05) is 13.2 Å². The number of aliphatic hydroxyl groups excluding tert-OH is 7. The van der Waals surface area contributed by atoms with Crippen LogP contribution in [0.4, 0.5) is 0 Å². The summed E-state index contributed by atoms with van der Waals surface area (Å²) in [6.45, 7) is 3.22. The standard InChI is InChI=1S/C46H83NO10/c1-3-5-7-9-11-13-15-16-17-18-19-20-21-22-23-24-26-28-30-32-34-39(50)45(55)47-37(36-56-46-44(54)43(53)42(52)40(35-48)57-46)41(51)38(49)33-31-29-27-25-14-12-10-8-6-4-2/h5,7-8,10-11,13,25,27,37-44,46,48-54H,3-4,6,9,12,14-24,26,28-36H2,1-2H3,(H,47,55)/b7-5-,10-8+,13-11-,27-25+. The smallest absolute Gasteiger partial charge is 0.249 e. The van der Waals surface area contributed by atoms with Crippen molar-refractivity contribution in [2.45, 2.75) is 223 Å². The molecule has 11 nitrogen and oxygen atoms in total. The number of ether oxygens (including phenoxy) is 2. The average Bonchev–Trinajstić information content (AvgIpc) is 3.21. The number of aliphatic hydroxyl groups is 7. The molecule has 1 aliphatic heterocycles. The fourth-order valence-electron chi connectivity index (χ4n) is 6.85. The van der Waals surface area contributed by atoms with E-state index in [4.69, 9.17) is 9.47 Å². The zero-order valence-electron chi connectivity index (χ0n) is 35.6. The van der Waals surface area contributed by atoms with Crippen molar-refractivity contribution >= 4 is 5.91 Å². The first-order valence-electron chi connectivity index (χ1n) is 22.5. The number of unbranched alkanes of at least 4 members (excludes halogenated alkanes) is 16. The largest absolute Gasteiger partial charge is 0.394 e. The normalized spacial score (nSPS) is 22.6. The molecule has 1 rings (SSSR count). The van der Waals surface area contributed by atoms with Crippen molar-refractivity contribution in [1.29, 1.82) is 0 Å². The Morgan fingerprint density at radius 2 is 1.16 bits per heavy atom. The van der Waals surface area contributed by atoms with Crippen LogP contribution < -0.4 is 5.32 Å². The third-order valence-corrected chi connectivity index (χ3v) is 10.6. The molecular formula is C46H83NO10. The van der Waals surface area contributed by atoms with Crippen LogP contribution >= 0.6 is 0 Å². The molecule has 0 aromatic carbocycles. The topological polar surface area (TPSA) is 189 Å². The van der Waals surface area contributed by atoms with E-state index in [-0.39, 0.29) is 12.8 Å². The lowest BCUT2D eigenvalue weighted by molar-refractivity contribution is -0.303. The summed E-state index contributed by atoms with van der Waals surface area (Å²) in [5, 5.41) is 75.4. The van der Waals surface area contributed by atoms with E-state index in [0.29, 0.717) is 19.3 Å². The number of hydrogen-bond donors (Lipinski definition) is 8. The predicted octanol–water partition coefficient (Wildman–Crippen LogP) is 7.00. The molecule has 0 aromatic heterocycles. The molecule has 0 saturated carbocycles. The summed E-state index contributed by atoms with van der Waals surface area (Å²) in [7, 11) is 0. The van der Waals surface area contributed by atoms with Gasteiger partial charge in [-0.3, -0.25) is 4.79 Å². The first kappa shape index (κ1) is 53.1. The number of allylic oxidation sites excluding steroid dienone is 8. The maximum Gasteiger partial charge on any atom is 0.249 e. The molecule has 8 N–H and O–H groups in total. The Morgan fingerprint density at radius 1 is 0.632 bits per heavy atom. The highest BCUT2D eigenvalue weighted by molar-refractivity contribution is 5.80. The molecule has 1 heterocycles. The van der Waals surface area contributed by atoms with Crippen LogP contribution in [-0.2, 0) is 14.3 Å². The summed E-state index contributed by atoms with van der Waals surface area (Å²) >= 11 is 0. The van der Waals surface area contributed by atoms with Gasteiger partial charge in [0.05, 0.1) is 25.4 Å². The summed E-state index contributed by atoms with van der Waals surface area (Å²) in [6.07, 6.45) is 30.4. The second kappa shape index (κ2) is 36.0. The third-order valence-electron chi connectivity index (χ3n) is 10.6. The van der Waals surface area contributed by atoms with Gasteiger partial charge in [-0.2, -0.15) is 0 Å². The Bertz CT molecular complexity index is 1070. The van der Waals surface area contributed by atoms with Gasteiger partial charge in [0.25, 0.3) is 0 Å². The number of carbonyl (C=O) groups is 1. The zero-order chi connectivity index (χ0) is 41.9. The van der Waals surface area contributed by atoms with Crippen LogP contribution in [0, 0.1) is 0 Å². The quantitative estimate of drug-likeness (QED) is 0.0242. The van der Waals surface area contributed by atoms with Gasteiger partial charge < -0.3 is 50.5 Å². The second-order valence-corrected chi connectivity index (χ2v) is 15.7. The zero-order valence-corrected chi connectivity index (χ0v) is 35.6.